The molecule has 1 fully saturated rings. The van der Waals surface area contributed by atoms with Crippen LogP contribution in [0.4, 0.5) is 29.5 Å². The zero-order valence-electron chi connectivity index (χ0n) is 25.1. The van der Waals surface area contributed by atoms with Gasteiger partial charge in [0.25, 0.3) is 5.91 Å². The van der Waals surface area contributed by atoms with E-state index in [-0.39, 0.29) is 5.56 Å². The number of pyridine rings is 2. The number of benzene rings is 1. The minimum Gasteiger partial charge on any atom is -0.444 e. The molecule has 44 heavy (non-hydrogen) atoms. The molecule has 3 heterocycles. The van der Waals surface area contributed by atoms with Crippen LogP contribution >= 0.6 is 0 Å². The first kappa shape index (κ1) is 32.3. The molecule has 2 amide bonds. The monoisotopic (exact) mass is 609 g/mol. The highest BCUT2D eigenvalue weighted by molar-refractivity contribution is 6.04. The molecule has 1 aliphatic rings. The van der Waals surface area contributed by atoms with Gasteiger partial charge in [0.2, 0.25) is 0 Å². The molecule has 0 aliphatic carbocycles. The Bertz CT molecular complexity index is 1590. The van der Waals surface area contributed by atoms with Crippen molar-refractivity contribution in [1.82, 2.24) is 15.3 Å². The second-order valence-corrected chi connectivity index (χ2v) is 11.2. The van der Waals surface area contributed by atoms with E-state index in [4.69, 9.17) is 14.5 Å². The third-order valence-corrected chi connectivity index (χ3v) is 6.42. The summed E-state index contributed by atoms with van der Waals surface area (Å²) in [5.41, 5.74) is 1.34. The highest BCUT2D eigenvalue weighted by Gasteiger charge is 2.33. The molecule has 0 spiro atoms. The minimum absolute atomic E-state index is 0.167. The molecule has 4 rings (SSSR count). The predicted molar refractivity (Wildman–Crippen MR) is 160 cm³/mol. The summed E-state index contributed by atoms with van der Waals surface area (Å²) in [7, 11) is 0. The van der Waals surface area contributed by atoms with E-state index < -0.39 is 35.5 Å². The number of alkyl carbamates (subject to hydrolysis) is 1. The van der Waals surface area contributed by atoms with Crippen LogP contribution in [-0.2, 0) is 15.7 Å². The summed E-state index contributed by atoms with van der Waals surface area (Å²) >= 11 is 0. The van der Waals surface area contributed by atoms with E-state index in [0.29, 0.717) is 49.6 Å². The Balaban J connectivity index is 1.64. The summed E-state index contributed by atoms with van der Waals surface area (Å²) < 4.78 is 50.1. The SMILES string of the molecule is Cc1ccc(NC(=O)c2ccnc(C(F)(F)F)c2)cc1-c1cc(C#CC(C)NC(=O)OC(C)(C)C)nc(N2CCOCC2)c1. The Morgan fingerprint density at radius 2 is 1.80 bits per heavy atom. The zero-order chi connectivity index (χ0) is 32.1. The van der Waals surface area contributed by atoms with Crippen LogP contribution in [0, 0.1) is 18.8 Å². The van der Waals surface area contributed by atoms with Crippen LogP contribution in [0.1, 0.15) is 55.0 Å². The van der Waals surface area contributed by atoms with E-state index in [1.54, 1.807) is 39.8 Å². The van der Waals surface area contributed by atoms with Gasteiger partial charge in [-0.1, -0.05) is 12.0 Å². The molecule has 232 valence electrons. The number of carbonyl (C=O) groups is 2. The third-order valence-electron chi connectivity index (χ3n) is 6.42. The number of ether oxygens (including phenoxy) is 2. The standard InChI is InChI=1S/C32H34F3N5O4/c1-20-6-8-25(39-29(41)22-10-11-36-27(17-22)32(33,34)35)19-26(20)23-16-24(38-28(18-23)40-12-14-43-15-13-40)9-7-21(2)37-30(42)44-31(3,4)5/h6,8,10-11,16-19,21H,12-15H2,1-5H3,(H,37,42)(H,39,41). The van der Waals surface area contributed by atoms with E-state index in [9.17, 15) is 22.8 Å². The highest BCUT2D eigenvalue weighted by atomic mass is 19.4. The van der Waals surface area contributed by atoms with Gasteiger partial charge < -0.3 is 25.0 Å². The third kappa shape index (κ3) is 8.94. The topological polar surface area (TPSA) is 106 Å². The maximum absolute atomic E-state index is 13.1. The zero-order valence-corrected chi connectivity index (χ0v) is 25.1. The van der Waals surface area contributed by atoms with Gasteiger partial charge >= 0.3 is 12.3 Å². The van der Waals surface area contributed by atoms with Crippen LogP contribution in [0.2, 0.25) is 0 Å². The fraction of sp³-hybridized carbons (Fsp3) is 0.375. The number of morpholine rings is 1. The van der Waals surface area contributed by atoms with E-state index in [2.05, 4.69) is 32.4 Å². The summed E-state index contributed by atoms with van der Waals surface area (Å²) in [5.74, 6) is 6.04. The van der Waals surface area contributed by atoms with Gasteiger partial charge in [-0.25, -0.2) is 9.78 Å². The van der Waals surface area contributed by atoms with Crippen molar-refractivity contribution in [1.29, 1.82) is 0 Å². The van der Waals surface area contributed by atoms with Gasteiger partial charge in [-0.05, 0) is 93.6 Å². The van der Waals surface area contributed by atoms with Gasteiger partial charge in [0.15, 0.2) is 0 Å². The predicted octanol–water partition coefficient (Wildman–Crippen LogP) is 5.82. The summed E-state index contributed by atoms with van der Waals surface area (Å²) in [6.45, 7) is 11.4. The van der Waals surface area contributed by atoms with E-state index in [0.717, 1.165) is 22.9 Å². The Hall–Kier alpha value is -4.63. The minimum atomic E-state index is -4.67. The Morgan fingerprint density at radius 3 is 2.48 bits per heavy atom. The van der Waals surface area contributed by atoms with E-state index in [1.165, 1.54) is 6.07 Å². The molecule has 1 atom stereocenters. The van der Waals surface area contributed by atoms with Gasteiger partial charge in [-0.3, -0.25) is 9.78 Å². The van der Waals surface area contributed by atoms with Gasteiger partial charge in [0.1, 0.15) is 22.8 Å². The fourth-order valence-corrected chi connectivity index (χ4v) is 4.33. The molecular formula is C32H34F3N5O4. The van der Waals surface area contributed by atoms with Crippen molar-refractivity contribution >= 4 is 23.5 Å². The lowest BCUT2D eigenvalue weighted by molar-refractivity contribution is -0.141. The van der Waals surface area contributed by atoms with Gasteiger partial charge in [-0.2, -0.15) is 13.2 Å². The number of aromatic nitrogens is 2. The lowest BCUT2D eigenvalue weighted by Crippen LogP contribution is -2.37. The average Bonchev–Trinajstić information content (AvgIpc) is 2.96. The molecule has 0 radical (unpaired) electrons. The second-order valence-electron chi connectivity index (χ2n) is 11.2. The van der Waals surface area contributed by atoms with Crippen molar-refractivity contribution in [3.63, 3.8) is 0 Å². The van der Waals surface area contributed by atoms with Crippen LogP contribution in [-0.4, -0.2) is 59.9 Å². The maximum atomic E-state index is 13.1. The molecule has 3 aromatic rings. The number of hydrogen-bond acceptors (Lipinski definition) is 7. The van der Waals surface area contributed by atoms with Gasteiger partial charge in [0, 0.05) is 30.5 Å². The quantitative estimate of drug-likeness (QED) is 0.351. The normalized spacial score (nSPS) is 14.2. The molecule has 1 aliphatic heterocycles. The average molecular weight is 610 g/mol. The molecule has 2 N–H and O–H groups in total. The fourth-order valence-electron chi connectivity index (χ4n) is 4.33. The lowest BCUT2D eigenvalue weighted by atomic mass is 9.99. The summed E-state index contributed by atoms with van der Waals surface area (Å²) in [6.07, 6.45) is -4.29. The van der Waals surface area contributed by atoms with Crippen LogP contribution < -0.4 is 15.5 Å². The number of amides is 2. The van der Waals surface area contributed by atoms with Crippen molar-refractivity contribution < 1.29 is 32.2 Å². The highest BCUT2D eigenvalue weighted by Crippen LogP contribution is 2.31. The van der Waals surface area contributed by atoms with Crippen LogP contribution in [0.25, 0.3) is 11.1 Å². The molecular weight excluding hydrogens is 575 g/mol. The van der Waals surface area contributed by atoms with Crippen LogP contribution in [0.3, 0.4) is 0 Å². The molecule has 9 nitrogen and oxygen atoms in total. The summed E-state index contributed by atoms with van der Waals surface area (Å²) in [4.78, 5) is 35.2. The Kier molecular flexibility index (Phi) is 9.79. The molecule has 1 aromatic carbocycles. The first-order valence-corrected chi connectivity index (χ1v) is 14.0. The molecule has 0 bridgehead atoms. The molecule has 1 unspecified atom stereocenters. The number of aryl methyl sites for hydroxylation is 1. The van der Waals surface area contributed by atoms with Crippen molar-refractivity contribution in [3.05, 3.63) is 71.2 Å². The number of carbonyl (C=O) groups excluding carboxylic acids is 2. The van der Waals surface area contributed by atoms with E-state index >= 15 is 0 Å². The number of anilines is 2. The van der Waals surface area contributed by atoms with Crippen molar-refractivity contribution in [2.24, 2.45) is 0 Å². The number of halogens is 3. The Labute approximate surface area is 254 Å². The number of nitrogens with zero attached hydrogens (tertiary/aromatic N) is 3. The van der Waals surface area contributed by atoms with Crippen LogP contribution in [0.15, 0.2) is 48.7 Å². The largest absolute Gasteiger partial charge is 0.444 e. The molecule has 0 saturated carbocycles. The first-order valence-electron chi connectivity index (χ1n) is 14.0. The first-order chi connectivity index (χ1) is 20.7. The smallest absolute Gasteiger partial charge is 0.433 e. The maximum Gasteiger partial charge on any atom is 0.433 e. The second kappa shape index (κ2) is 13.3. The van der Waals surface area contributed by atoms with Gasteiger partial charge in [-0.15, -0.1) is 0 Å². The molecule has 2 aromatic heterocycles. The number of hydrogen-bond donors (Lipinski definition) is 2. The van der Waals surface area contributed by atoms with Crippen molar-refractivity contribution in [3.8, 4) is 23.0 Å². The van der Waals surface area contributed by atoms with Crippen molar-refractivity contribution in [2.75, 3.05) is 36.5 Å². The van der Waals surface area contributed by atoms with Crippen molar-refractivity contribution in [2.45, 2.75) is 52.4 Å². The number of nitrogens with one attached hydrogen (secondary N) is 2. The number of rotatable bonds is 5. The summed E-state index contributed by atoms with van der Waals surface area (Å²) in [6, 6.07) is 10.4. The molecule has 1 saturated heterocycles. The lowest BCUT2D eigenvalue weighted by Gasteiger charge is -2.28. The number of alkyl halides is 3. The van der Waals surface area contributed by atoms with Gasteiger partial charge in [0.05, 0.1) is 19.3 Å². The van der Waals surface area contributed by atoms with E-state index in [1.807, 2.05) is 25.1 Å². The summed E-state index contributed by atoms with van der Waals surface area (Å²) in [5, 5.41) is 5.38. The van der Waals surface area contributed by atoms with Crippen LogP contribution in [0.5, 0.6) is 0 Å². The molecule has 12 heteroatoms. The Morgan fingerprint density at radius 1 is 1.07 bits per heavy atom.